The molecule has 0 spiro atoms. The van der Waals surface area contributed by atoms with Gasteiger partial charge in [-0.1, -0.05) is 30.3 Å². The fourth-order valence-corrected chi connectivity index (χ4v) is 3.03. The molecular weight excluding hydrogens is 328 g/mol. The molecule has 1 amide bonds. The van der Waals surface area contributed by atoms with Crippen molar-refractivity contribution in [2.75, 3.05) is 26.2 Å². The van der Waals surface area contributed by atoms with Crippen LogP contribution in [0.3, 0.4) is 0 Å². The van der Waals surface area contributed by atoms with Crippen molar-refractivity contribution in [1.29, 1.82) is 5.26 Å². The van der Waals surface area contributed by atoms with E-state index in [-0.39, 0.29) is 18.0 Å². The van der Waals surface area contributed by atoms with Gasteiger partial charge in [-0.2, -0.15) is 5.26 Å². The number of hydrogen-bond acceptors (Lipinski definition) is 4. The molecule has 0 saturated carbocycles. The number of furan rings is 1. The Morgan fingerprint density at radius 3 is 2.65 bits per heavy atom. The fraction of sp³-hybridized carbons (Fsp3) is 0.300. The average Bonchev–Trinajstić information content (AvgIpc) is 3.20. The Labute approximate surface area is 153 Å². The van der Waals surface area contributed by atoms with Crippen LogP contribution in [0.2, 0.25) is 0 Å². The standard InChI is InChI=1S/C20H22N4O2/c21-13-18(20(25)22-14-19-7-4-12-26-19)16-24-10-8-23(9-11-24)15-17-5-2-1-3-6-17/h1-7,12,16H,8-11,14-15H2,(H,22,25)/p+1/b18-16+. The van der Waals surface area contributed by atoms with E-state index in [1.54, 1.807) is 24.6 Å². The zero-order chi connectivity index (χ0) is 18.2. The van der Waals surface area contributed by atoms with E-state index in [2.05, 4.69) is 34.5 Å². The number of amides is 1. The highest BCUT2D eigenvalue weighted by atomic mass is 16.3. The summed E-state index contributed by atoms with van der Waals surface area (Å²) in [6.07, 6.45) is 3.23. The monoisotopic (exact) mass is 351 g/mol. The Hall–Kier alpha value is -3.04. The second kappa shape index (κ2) is 8.88. The molecule has 26 heavy (non-hydrogen) atoms. The molecule has 0 bridgehead atoms. The second-order valence-electron chi connectivity index (χ2n) is 6.36. The molecule has 1 fully saturated rings. The summed E-state index contributed by atoms with van der Waals surface area (Å²) >= 11 is 0. The number of hydrogen-bond donors (Lipinski definition) is 2. The highest BCUT2D eigenvalue weighted by Crippen LogP contribution is 2.03. The van der Waals surface area contributed by atoms with E-state index in [1.807, 2.05) is 12.1 Å². The van der Waals surface area contributed by atoms with E-state index in [4.69, 9.17) is 4.42 Å². The third-order valence-electron chi connectivity index (χ3n) is 4.48. The first-order valence-corrected chi connectivity index (χ1v) is 8.78. The summed E-state index contributed by atoms with van der Waals surface area (Å²) in [5.74, 6) is 0.289. The smallest absolute Gasteiger partial charge is 0.263 e. The maximum Gasteiger partial charge on any atom is 0.263 e. The van der Waals surface area contributed by atoms with Gasteiger partial charge in [-0.05, 0) is 12.1 Å². The van der Waals surface area contributed by atoms with Gasteiger partial charge in [0.1, 0.15) is 23.9 Å². The number of benzene rings is 1. The number of quaternary nitrogens is 1. The van der Waals surface area contributed by atoms with Crippen LogP contribution in [0.4, 0.5) is 0 Å². The molecule has 1 aliphatic heterocycles. The Kier molecular flexibility index (Phi) is 6.07. The Morgan fingerprint density at radius 2 is 2.00 bits per heavy atom. The predicted octanol–water partition coefficient (Wildman–Crippen LogP) is 0.704. The lowest BCUT2D eigenvalue weighted by atomic mass is 10.2. The first kappa shape index (κ1) is 17.8. The van der Waals surface area contributed by atoms with Crippen LogP contribution in [0.25, 0.3) is 0 Å². The van der Waals surface area contributed by atoms with Crippen LogP contribution in [-0.2, 0) is 17.9 Å². The summed E-state index contributed by atoms with van der Waals surface area (Å²) in [7, 11) is 0. The van der Waals surface area contributed by atoms with Crippen LogP contribution in [0.15, 0.2) is 64.9 Å². The maximum atomic E-state index is 12.2. The summed E-state index contributed by atoms with van der Waals surface area (Å²) in [6, 6.07) is 16.0. The van der Waals surface area contributed by atoms with Crippen molar-refractivity contribution in [2.24, 2.45) is 0 Å². The van der Waals surface area contributed by atoms with E-state index in [0.29, 0.717) is 5.76 Å². The molecule has 3 rings (SSSR count). The van der Waals surface area contributed by atoms with Crippen LogP contribution in [0, 0.1) is 11.3 Å². The maximum absolute atomic E-state index is 12.2. The number of carbonyl (C=O) groups is 1. The van der Waals surface area contributed by atoms with E-state index >= 15 is 0 Å². The molecule has 6 nitrogen and oxygen atoms in total. The van der Waals surface area contributed by atoms with Gasteiger partial charge in [0, 0.05) is 11.8 Å². The van der Waals surface area contributed by atoms with Crippen LogP contribution < -0.4 is 10.2 Å². The molecule has 1 aliphatic rings. The summed E-state index contributed by atoms with van der Waals surface area (Å²) in [6.45, 7) is 4.92. The second-order valence-corrected chi connectivity index (χ2v) is 6.36. The lowest BCUT2D eigenvalue weighted by Crippen LogP contribution is -3.13. The van der Waals surface area contributed by atoms with Gasteiger partial charge in [0.05, 0.1) is 39.0 Å². The highest BCUT2D eigenvalue weighted by Gasteiger charge is 2.20. The molecule has 2 N–H and O–H groups in total. The molecule has 0 atom stereocenters. The Balaban J connectivity index is 1.49. The summed E-state index contributed by atoms with van der Waals surface area (Å²) < 4.78 is 5.18. The molecule has 0 radical (unpaired) electrons. The average molecular weight is 351 g/mol. The first-order valence-electron chi connectivity index (χ1n) is 8.78. The first-order chi connectivity index (χ1) is 12.7. The third kappa shape index (κ3) is 4.98. The van der Waals surface area contributed by atoms with E-state index in [0.717, 1.165) is 32.7 Å². The van der Waals surface area contributed by atoms with E-state index < -0.39 is 0 Å². The van der Waals surface area contributed by atoms with Crippen molar-refractivity contribution < 1.29 is 14.1 Å². The molecule has 2 heterocycles. The minimum Gasteiger partial charge on any atom is -0.467 e. The van der Waals surface area contributed by atoms with Gasteiger partial charge >= 0.3 is 0 Å². The van der Waals surface area contributed by atoms with Crippen molar-refractivity contribution in [3.05, 3.63) is 71.8 Å². The quantitative estimate of drug-likeness (QED) is 0.594. The zero-order valence-electron chi connectivity index (χ0n) is 14.6. The van der Waals surface area contributed by atoms with Gasteiger partial charge in [0.15, 0.2) is 0 Å². The van der Waals surface area contributed by atoms with Crippen LogP contribution in [0.5, 0.6) is 0 Å². The molecule has 0 aliphatic carbocycles. The zero-order valence-corrected chi connectivity index (χ0v) is 14.6. The highest BCUT2D eigenvalue weighted by molar-refractivity contribution is 5.97. The topological polar surface area (TPSA) is 73.7 Å². The number of piperazine rings is 1. The van der Waals surface area contributed by atoms with Crippen LogP contribution >= 0.6 is 0 Å². The van der Waals surface area contributed by atoms with Gasteiger partial charge in [0.2, 0.25) is 0 Å². The van der Waals surface area contributed by atoms with Crippen LogP contribution in [-0.4, -0.2) is 37.0 Å². The Morgan fingerprint density at radius 1 is 1.23 bits per heavy atom. The molecule has 6 heteroatoms. The number of nitrogens with zero attached hydrogens (tertiary/aromatic N) is 2. The van der Waals surface area contributed by atoms with Gasteiger partial charge in [-0.15, -0.1) is 0 Å². The van der Waals surface area contributed by atoms with Crippen molar-refractivity contribution in [3.63, 3.8) is 0 Å². The third-order valence-corrected chi connectivity index (χ3v) is 4.48. The minimum absolute atomic E-state index is 0.128. The molecule has 1 saturated heterocycles. The van der Waals surface area contributed by atoms with Gasteiger partial charge in [-0.25, -0.2) is 0 Å². The fourth-order valence-electron chi connectivity index (χ4n) is 3.03. The molecular formula is C20H23N4O2+. The van der Waals surface area contributed by atoms with Crippen molar-refractivity contribution in [3.8, 4) is 6.07 Å². The molecule has 1 aromatic carbocycles. The lowest BCUT2D eigenvalue weighted by molar-refractivity contribution is -0.917. The minimum atomic E-state index is -0.372. The number of rotatable bonds is 6. The predicted molar refractivity (Wildman–Crippen MR) is 96.7 cm³/mol. The molecule has 1 aromatic heterocycles. The SMILES string of the molecule is N#C/C(=C\N1CC[NH+](Cc2ccccc2)CC1)C(=O)NCc1ccco1. The van der Waals surface area contributed by atoms with Crippen molar-refractivity contribution >= 4 is 5.91 Å². The molecule has 134 valence electrons. The number of nitriles is 1. The number of nitrogens with one attached hydrogen (secondary N) is 2. The molecule has 0 unspecified atom stereocenters. The summed E-state index contributed by atoms with van der Waals surface area (Å²) in [5.41, 5.74) is 1.46. The number of carbonyl (C=O) groups excluding carboxylic acids is 1. The van der Waals surface area contributed by atoms with E-state index in [9.17, 15) is 10.1 Å². The summed E-state index contributed by atoms with van der Waals surface area (Å²) in [4.78, 5) is 15.7. The van der Waals surface area contributed by atoms with Crippen LogP contribution in [0.1, 0.15) is 11.3 Å². The molecule has 2 aromatic rings. The lowest BCUT2D eigenvalue weighted by Gasteiger charge is -2.31. The van der Waals surface area contributed by atoms with Gasteiger partial charge in [0.25, 0.3) is 5.91 Å². The largest absolute Gasteiger partial charge is 0.467 e. The van der Waals surface area contributed by atoms with Gasteiger partial charge in [-0.3, -0.25) is 4.79 Å². The Bertz CT molecular complexity index is 770. The normalized spacial score (nSPS) is 15.5. The van der Waals surface area contributed by atoms with E-state index in [1.165, 1.54) is 10.5 Å². The van der Waals surface area contributed by atoms with Gasteiger partial charge < -0.3 is 19.5 Å². The van der Waals surface area contributed by atoms with Crippen molar-refractivity contribution in [1.82, 2.24) is 10.2 Å². The summed E-state index contributed by atoms with van der Waals surface area (Å²) in [5, 5.41) is 12.0. The van der Waals surface area contributed by atoms with Crippen molar-refractivity contribution in [2.45, 2.75) is 13.1 Å².